The normalized spacial score (nSPS) is 10.8. The molecule has 0 saturated carbocycles. The van der Waals surface area contributed by atoms with Gasteiger partial charge in [-0.05, 0) is 23.8 Å². The Morgan fingerprint density at radius 1 is 1.20 bits per heavy atom. The number of pyridine rings is 1. The predicted octanol–water partition coefficient (Wildman–Crippen LogP) is 3.79. The molecule has 4 aromatic rings. The van der Waals surface area contributed by atoms with Crippen LogP contribution in [0.2, 0.25) is 5.15 Å². The Balaban J connectivity index is 1.59. The number of nitrogens with zero attached hydrogens (tertiary/aromatic N) is 4. The Bertz CT molecular complexity index is 1210. The summed E-state index contributed by atoms with van der Waals surface area (Å²) < 4.78 is 20.3. The van der Waals surface area contributed by atoms with Gasteiger partial charge in [-0.1, -0.05) is 23.7 Å². The average molecular weight is 427 g/mol. The maximum Gasteiger partial charge on any atom is 0.276 e. The van der Waals surface area contributed by atoms with Gasteiger partial charge in [0.05, 0.1) is 30.9 Å². The fourth-order valence-corrected chi connectivity index (χ4v) is 3.01. The summed E-state index contributed by atoms with van der Waals surface area (Å²) in [6.07, 6.45) is 3.75. The second kappa shape index (κ2) is 8.34. The average Bonchev–Trinajstić information content (AvgIpc) is 3.18. The fourth-order valence-electron chi connectivity index (χ4n) is 2.83. The smallest absolute Gasteiger partial charge is 0.276 e. The van der Waals surface area contributed by atoms with E-state index in [1.807, 2.05) is 24.3 Å². The van der Waals surface area contributed by atoms with E-state index in [0.717, 1.165) is 17.5 Å². The van der Waals surface area contributed by atoms with Gasteiger partial charge >= 0.3 is 0 Å². The molecule has 1 amide bonds. The van der Waals surface area contributed by atoms with E-state index in [0.29, 0.717) is 17.9 Å². The minimum atomic E-state index is -0.646. The monoisotopic (exact) mass is 426 g/mol. The molecular formula is C20H16ClFN6O2. The van der Waals surface area contributed by atoms with Gasteiger partial charge < -0.3 is 15.4 Å². The molecule has 0 radical (unpaired) electrons. The van der Waals surface area contributed by atoms with Gasteiger partial charge in [0, 0.05) is 18.8 Å². The van der Waals surface area contributed by atoms with E-state index in [-0.39, 0.29) is 16.5 Å². The lowest BCUT2D eigenvalue weighted by Gasteiger charge is -2.10. The number of hydrogen-bond donors (Lipinski definition) is 2. The number of imidazole rings is 1. The van der Waals surface area contributed by atoms with Crippen molar-refractivity contribution in [2.75, 3.05) is 17.7 Å². The lowest BCUT2D eigenvalue weighted by Crippen LogP contribution is -2.16. The van der Waals surface area contributed by atoms with Crippen molar-refractivity contribution in [3.8, 4) is 5.75 Å². The molecule has 0 aliphatic rings. The van der Waals surface area contributed by atoms with Crippen molar-refractivity contribution in [2.24, 2.45) is 0 Å². The molecule has 30 heavy (non-hydrogen) atoms. The highest BCUT2D eigenvalue weighted by atomic mass is 35.5. The van der Waals surface area contributed by atoms with Crippen LogP contribution in [0.25, 0.3) is 5.65 Å². The van der Waals surface area contributed by atoms with Gasteiger partial charge in [-0.15, -0.1) is 0 Å². The van der Waals surface area contributed by atoms with E-state index in [9.17, 15) is 9.18 Å². The van der Waals surface area contributed by atoms with Gasteiger partial charge in [-0.25, -0.2) is 13.9 Å². The molecule has 152 valence electrons. The van der Waals surface area contributed by atoms with E-state index in [2.05, 4.69) is 25.7 Å². The number of fused-ring (bicyclic) bond motifs is 1. The van der Waals surface area contributed by atoms with Gasteiger partial charge in [0.15, 0.2) is 22.3 Å². The molecule has 0 spiro atoms. The quantitative estimate of drug-likeness (QED) is 0.487. The molecule has 0 fully saturated rings. The Morgan fingerprint density at radius 2 is 2.00 bits per heavy atom. The third-order valence-corrected chi connectivity index (χ3v) is 4.52. The lowest BCUT2D eigenvalue weighted by atomic mass is 10.2. The van der Waals surface area contributed by atoms with Crippen molar-refractivity contribution in [3.63, 3.8) is 0 Å². The molecule has 1 aromatic carbocycles. The molecule has 0 atom stereocenters. The summed E-state index contributed by atoms with van der Waals surface area (Å²) in [5.74, 6) is -0.460. The predicted molar refractivity (Wildman–Crippen MR) is 110 cm³/mol. The van der Waals surface area contributed by atoms with Crippen LogP contribution in [0, 0.1) is 5.82 Å². The third kappa shape index (κ3) is 4.01. The Morgan fingerprint density at radius 3 is 2.73 bits per heavy atom. The summed E-state index contributed by atoms with van der Waals surface area (Å²) in [5, 5.41) is 10.1. The Kier molecular flexibility index (Phi) is 5.44. The molecule has 8 nitrogen and oxygen atoms in total. The molecule has 0 saturated heterocycles. The Hall–Kier alpha value is -3.72. The van der Waals surface area contributed by atoms with E-state index < -0.39 is 11.7 Å². The molecule has 3 aromatic heterocycles. The van der Waals surface area contributed by atoms with Crippen molar-refractivity contribution in [1.82, 2.24) is 19.6 Å². The van der Waals surface area contributed by atoms with Crippen molar-refractivity contribution in [3.05, 3.63) is 77.2 Å². The molecule has 0 aliphatic carbocycles. The number of aromatic nitrogens is 4. The number of anilines is 2. The first-order chi connectivity index (χ1) is 14.5. The zero-order valence-electron chi connectivity index (χ0n) is 15.8. The van der Waals surface area contributed by atoms with Gasteiger partial charge in [-0.2, -0.15) is 5.10 Å². The van der Waals surface area contributed by atoms with Crippen LogP contribution in [0.4, 0.5) is 15.8 Å². The van der Waals surface area contributed by atoms with Crippen molar-refractivity contribution in [1.29, 1.82) is 0 Å². The van der Waals surface area contributed by atoms with Crippen molar-refractivity contribution in [2.45, 2.75) is 6.54 Å². The summed E-state index contributed by atoms with van der Waals surface area (Å²) in [7, 11) is 1.61. The van der Waals surface area contributed by atoms with E-state index in [4.69, 9.17) is 16.3 Å². The van der Waals surface area contributed by atoms with Crippen LogP contribution in [0.1, 0.15) is 16.1 Å². The summed E-state index contributed by atoms with van der Waals surface area (Å²) >= 11 is 6.15. The highest BCUT2D eigenvalue weighted by Crippen LogP contribution is 2.22. The number of amides is 1. The number of hydrogen-bond acceptors (Lipinski definition) is 6. The van der Waals surface area contributed by atoms with Crippen molar-refractivity contribution >= 4 is 34.5 Å². The Labute approximate surface area is 175 Å². The van der Waals surface area contributed by atoms with Gasteiger partial charge in [-0.3, -0.25) is 9.78 Å². The van der Waals surface area contributed by atoms with E-state index in [1.54, 1.807) is 13.2 Å². The fraction of sp³-hybridized carbons (Fsp3) is 0.100. The summed E-state index contributed by atoms with van der Waals surface area (Å²) in [6, 6.07) is 10.6. The molecule has 2 N–H and O–H groups in total. The molecule has 4 rings (SSSR count). The van der Waals surface area contributed by atoms with E-state index >= 15 is 0 Å². The zero-order valence-corrected chi connectivity index (χ0v) is 16.5. The van der Waals surface area contributed by atoms with Crippen LogP contribution >= 0.6 is 11.6 Å². The summed E-state index contributed by atoms with van der Waals surface area (Å²) in [6.45, 7) is 0.497. The third-order valence-electron chi connectivity index (χ3n) is 4.33. The molecule has 0 unspecified atom stereocenters. The first kappa shape index (κ1) is 19.6. The number of carbonyl (C=O) groups is 1. The lowest BCUT2D eigenvalue weighted by molar-refractivity contribution is 0.102. The van der Waals surface area contributed by atoms with E-state index in [1.165, 1.54) is 23.0 Å². The maximum absolute atomic E-state index is 13.8. The van der Waals surface area contributed by atoms with Gasteiger partial charge in [0.25, 0.3) is 5.91 Å². The highest BCUT2D eigenvalue weighted by molar-refractivity contribution is 6.29. The molecule has 0 bridgehead atoms. The van der Waals surface area contributed by atoms with Crippen molar-refractivity contribution < 1.29 is 13.9 Å². The second-order valence-electron chi connectivity index (χ2n) is 6.27. The minimum absolute atomic E-state index is 0.00447. The van der Waals surface area contributed by atoms with Crippen LogP contribution in [0.3, 0.4) is 0 Å². The van der Waals surface area contributed by atoms with Crippen LogP contribution in [-0.4, -0.2) is 32.6 Å². The van der Waals surface area contributed by atoms with Crippen LogP contribution in [-0.2, 0) is 6.54 Å². The molecule has 0 aliphatic heterocycles. The molecule has 3 heterocycles. The van der Waals surface area contributed by atoms with Crippen LogP contribution in [0.15, 0.2) is 55.0 Å². The largest absolute Gasteiger partial charge is 0.497 e. The SMILES string of the molecule is COc1ccc(CNc2cc(Cl)nn3c(C(=O)Nc4ccncc4F)cnc23)cc1. The maximum atomic E-state index is 13.8. The van der Waals surface area contributed by atoms with Gasteiger partial charge in [0.2, 0.25) is 0 Å². The summed E-state index contributed by atoms with van der Waals surface area (Å²) in [5.41, 5.74) is 2.13. The van der Waals surface area contributed by atoms with Gasteiger partial charge in [0.1, 0.15) is 5.75 Å². The summed E-state index contributed by atoms with van der Waals surface area (Å²) in [4.78, 5) is 20.6. The number of rotatable bonds is 6. The first-order valence-corrected chi connectivity index (χ1v) is 9.25. The topological polar surface area (TPSA) is 93.4 Å². The zero-order chi connectivity index (χ0) is 21.1. The number of carbonyl (C=O) groups excluding carboxylic acids is 1. The molecular weight excluding hydrogens is 411 g/mol. The number of ether oxygens (including phenoxy) is 1. The molecule has 10 heteroatoms. The number of halogens is 2. The number of methoxy groups -OCH3 is 1. The second-order valence-corrected chi connectivity index (χ2v) is 6.66. The minimum Gasteiger partial charge on any atom is -0.497 e. The highest BCUT2D eigenvalue weighted by Gasteiger charge is 2.18. The number of nitrogens with one attached hydrogen (secondary N) is 2. The first-order valence-electron chi connectivity index (χ1n) is 8.87. The van der Waals surface area contributed by atoms with Crippen LogP contribution < -0.4 is 15.4 Å². The van der Waals surface area contributed by atoms with Crippen LogP contribution in [0.5, 0.6) is 5.75 Å². The standard InChI is InChI=1S/C20H16ClFN6O2/c1-30-13-4-2-12(3-5-13)9-24-16-8-18(21)27-28-17(11-25-19(16)28)20(29)26-15-6-7-23-10-14(15)22/h2-8,10-11,24H,9H2,1H3,(H,23,26,29). The number of benzene rings is 1.